The third kappa shape index (κ3) is 5.27. The maximum atomic E-state index is 11.3. The van der Waals surface area contributed by atoms with Crippen LogP contribution < -0.4 is 0 Å². The molecule has 0 bridgehead atoms. The Hall–Kier alpha value is -1.60. The molecule has 19 heavy (non-hydrogen) atoms. The number of allylic oxidation sites excluding steroid dienone is 3. The third-order valence-corrected chi connectivity index (χ3v) is 3.26. The van der Waals surface area contributed by atoms with E-state index in [4.69, 9.17) is 0 Å². The molecule has 0 N–H and O–H groups in total. The topological polar surface area (TPSA) is 43.4 Å². The minimum atomic E-state index is -0.404. The summed E-state index contributed by atoms with van der Waals surface area (Å²) in [6, 6.07) is 0. The van der Waals surface area contributed by atoms with Gasteiger partial charge < -0.3 is 4.74 Å². The molecule has 0 saturated carbocycles. The highest BCUT2D eigenvalue weighted by Gasteiger charge is 2.31. The first-order valence-corrected chi connectivity index (χ1v) is 6.90. The summed E-state index contributed by atoms with van der Waals surface area (Å²) in [5, 5.41) is 0. The fourth-order valence-corrected chi connectivity index (χ4v) is 1.86. The Bertz CT molecular complexity index is 437. The van der Waals surface area contributed by atoms with E-state index in [9.17, 15) is 9.59 Å². The van der Waals surface area contributed by atoms with E-state index in [1.54, 1.807) is 0 Å². The summed E-state index contributed by atoms with van der Waals surface area (Å²) in [5.74, 6) is -1.08. The minimum Gasteiger partial charge on any atom is -0.393 e. The lowest BCUT2D eigenvalue weighted by molar-refractivity contribution is -0.153. The standard InChI is InChI=1S/C16H22O3/c1-4-12(3)10-13(5-2)8-6-7-9-14-11-15(17)19-16(14)18/h6-7,14H,4-5,8-9,11H2,1-3H3/b7-6+. The lowest BCUT2D eigenvalue weighted by Crippen LogP contribution is -2.05. The van der Waals surface area contributed by atoms with Gasteiger partial charge >= 0.3 is 11.9 Å². The van der Waals surface area contributed by atoms with Gasteiger partial charge in [-0.25, -0.2) is 0 Å². The SMILES string of the molecule is CCC(C)=C=C(CC)C/C=C/CC1CC(=O)OC1=O. The highest BCUT2D eigenvalue weighted by molar-refractivity contribution is 5.94. The number of carbonyl (C=O) groups excluding carboxylic acids is 2. The molecule has 0 aliphatic carbocycles. The first-order valence-electron chi connectivity index (χ1n) is 6.90. The Balaban J connectivity index is 2.48. The summed E-state index contributed by atoms with van der Waals surface area (Å²) in [6.45, 7) is 6.32. The molecule has 3 nitrogen and oxygen atoms in total. The molecule has 0 aromatic carbocycles. The summed E-state index contributed by atoms with van der Waals surface area (Å²) in [6.07, 6.45) is 7.65. The Morgan fingerprint density at radius 1 is 1.32 bits per heavy atom. The molecule has 1 saturated heterocycles. The van der Waals surface area contributed by atoms with E-state index in [1.807, 2.05) is 12.2 Å². The molecule has 0 aromatic heterocycles. The van der Waals surface area contributed by atoms with E-state index >= 15 is 0 Å². The average molecular weight is 262 g/mol. The Morgan fingerprint density at radius 3 is 2.58 bits per heavy atom. The molecular formula is C16H22O3. The second-order valence-corrected chi connectivity index (χ2v) is 4.82. The van der Waals surface area contributed by atoms with Gasteiger partial charge in [0.1, 0.15) is 0 Å². The smallest absolute Gasteiger partial charge is 0.317 e. The molecule has 1 aliphatic rings. The van der Waals surface area contributed by atoms with E-state index in [0.29, 0.717) is 6.42 Å². The molecule has 0 amide bonds. The first-order chi connectivity index (χ1) is 9.06. The molecule has 1 atom stereocenters. The van der Waals surface area contributed by atoms with Crippen molar-refractivity contribution < 1.29 is 14.3 Å². The zero-order chi connectivity index (χ0) is 14.3. The van der Waals surface area contributed by atoms with Crippen LogP contribution >= 0.6 is 0 Å². The van der Waals surface area contributed by atoms with Gasteiger partial charge in [-0.2, -0.15) is 0 Å². The molecule has 1 unspecified atom stereocenters. The molecule has 1 fully saturated rings. The lowest BCUT2D eigenvalue weighted by Gasteiger charge is -1.99. The van der Waals surface area contributed by atoms with E-state index in [0.717, 1.165) is 19.3 Å². The summed E-state index contributed by atoms with van der Waals surface area (Å²) in [5.41, 5.74) is 5.92. The number of ether oxygens (including phenoxy) is 1. The van der Waals surface area contributed by atoms with Crippen LogP contribution in [0.25, 0.3) is 0 Å². The number of cyclic esters (lactones) is 2. The lowest BCUT2D eigenvalue weighted by atomic mass is 10.0. The summed E-state index contributed by atoms with van der Waals surface area (Å²) in [4.78, 5) is 22.2. The van der Waals surface area contributed by atoms with Gasteiger partial charge in [0.05, 0.1) is 12.3 Å². The van der Waals surface area contributed by atoms with Crippen LogP contribution in [-0.4, -0.2) is 11.9 Å². The van der Waals surface area contributed by atoms with E-state index in [-0.39, 0.29) is 18.3 Å². The van der Waals surface area contributed by atoms with Crippen molar-refractivity contribution in [1.29, 1.82) is 0 Å². The zero-order valence-electron chi connectivity index (χ0n) is 12.0. The molecule has 1 aliphatic heterocycles. The first kappa shape index (κ1) is 15.5. The summed E-state index contributed by atoms with van der Waals surface area (Å²) < 4.78 is 4.51. The van der Waals surface area contributed by atoms with Crippen molar-refractivity contribution in [3.8, 4) is 0 Å². The van der Waals surface area contributed by atoms with Crippen molar-refractivity contribution in [2.24, 2.45) is 5.92 Å². The van der Waals surface area contributed by atoms with Crippen molar-refractivity contribution >= 4 is 11.9 Å². The van der Waals surface area contributed by atoms with Crippen LogP contribution in [0.5, 0.6) is 0 Å². The number of esters is 2. The molecule has 1 heterocycles. The highest BCUT2D eigenvalue weighted by atomic mass is 16.6. The van der Waals surface area contributed by atoms with Crippen molar-refractivity contribution in [3.05, 3.63) is 29.0 Å². The van der Waals surface area contributed by atoms with E-state index in [2.05, 4.69) is 31.2 Å². The van der Waals surface area contributed by atoms with Gasteiger partial charge in [-0.1, -0.05) is 26.0 Å². The predicted octanol–water partition coefficient (Wildman–Crippen LogP) is 3.70. The van der Waals surface area contributed by atoms with Gasteiger partial charge in [-0.3, -0.25) is 9.59 Å². The van der Waals surface area contributed by atoms with E-state index < -0.39 is 5.97 Å². The summed E-state index contributed by atoms with van der Waals surface area (Å²) in [7, 11) is 0. The van der Waals surface area contributed by atoms with Crippen LogP contribution in [0, 0.1) is 5.92 Å². The van der Waals surface area contributed by atoms with Gasteiger partial charge in [-0.05, 0) is 43.8 Å². The second-order valence-electron chi connectivity index (χ2n) is 4.82. The Kier molecular flexibility index (Phi) is 6.31. The van der Waals surface area contributed by atoms with Gasteiger partial charge in [0, 0.05) is 0 Å². The molecule has 0 aromatic rings. The van der Waals surface area contributed by atoms with Crippen LogP contribution in [-0.2, 0) is 14.3 Å². The summed E-state index contributed by atoms with van der Waals surface area (Å²) >= 11 is 0. The van der Waals surface area contributed by atoms with Crippen LogP contribution in [0.1, 0.15) is 52.9 Å². The van der Waals surface area contributed by atoms with E-state index in [1.165, 1.54) is 11.1 Å². The van der Waals surface area contributed by atoms with Crippen LogP contribution in [0.2, 0.25) is 0 Å². The van der Waals surface area contributed by atoms with Crippen molar-refractivity contribution in [3.63, 3.8) is 0 Å². The highest BCUT2D eigenvalue weighted by Crippen LogP contribution is 2.20. The Labute approximate surface area is 115 Å². The largest absolute Gasteiger partial charge is 0.393 e. The maximum absolute atomic E-state index is 11.3. The van der Waals surface area contributed by atoms with Gasteiger partial charge in [0.2, 0.25) is 0 Å². The van der Waals surface area contributed by atoms with Gasteiger partial charge in [-0.15, -0.1) is 5.73 Å². The predicted molar refractivity (Wildman–Crippen MR) is 74.4 cm³/mol. The molecular weight excluding hydrogens is 240 g/mol. The quantitative estimate of drug-likeness (QED) is 0.317. The number of rotatable bonds is 6. The maximum Gasteiger partial charge on any atom is 0.317 e. The van der Waals surface area contributed by atoms with Gasteiger partial charge in [0.15, 0.2) is 0 Å². The second kappa shape index (κ2) is 7.75. The minimum absolute atomic E-state index is 0.217. The monoisotopic (exact) mass is 262 g/mol. The molecule has 1 rings (SSSR count). The van der Waals surface area contributed by atoms with Crippen molar-refractivity contribution in [2.45, 2.75) is 52.9 Å². The average Bonchev–Trinajstić information content (AvgIpc) is 2.71. The number of hydrogen-bond acceptors (Lipinski definition) is 3. The molecule has 3 heteroatoms. The van der Waals surface area contributed by atoms with Crippen LogP contribution in [0.15, 0.2) is 29.0 Å². The molecule has 0 spiro atoms. The number of carbonyl (C=O) groups is 2. The normalized spacial score (nSPS) is 18.6. The van der Waals surface area contributed by atoms with Crippen LogP contribution in [0.3, 0.4) is 0 Å². The Morgan fingerprint density at radius 2 is 2.05 bits per heavy atom. The number of hydrogen-bond donors (Lipinski definition) is 0. The van der Waals surface area contributed by atoms with Crippen molar-refractivity contribution in [2.75, 3.05) is 0 Å². The molecule has 104 valence electrons. The molecule has 0 radical (unpaired) electrons. The zero-order valence-corrected chi connectivity index (χ0v) is 12.0. The fraction of sp³-hybridized carbons (Fsp3) is 0.562. The van der Waals surface area contributed by atoms with Crippen molar-refractivity contribution in [1.82, 2.24) is 0 Å². The third-order valence-electron chi connectivity index (χ3n) is 3.26. The fourth-order valence-electron chi connectivity index (χ4n) is 1.86. The van der Waals surface area contributed by atoms with Gasteiger partial charge in [0.25, 0.3) is 0 Å². The van der Waals surface area contributed by atoms with Crippen LogP contribution in [0.4, 0.5) is 0 Å².